The lowest BCUT2D eigenvalue weighted by Gasteiger charge is -2.19. The Balaban J connectivity index is 1.65. The van der Waals surface area contributed by atoms with Crippen LogP contribution in [-0.4, -0.2) is 37.3 Å². The Kier molecular flexibility index (Phi) is 5.86. The van der Waals surface area contributed by atoms with Gasteiger partial charge in [0.2, 0.25) is 0 Å². The molecule has 1 N–H and O–H groups in total. The van der Waals surface area contributed by atoms with Crippen LogP contribution in [0.5, 0.6) is 0 Å². The smallest absolute Gasteiger partial charge is 0.280 e. The second-order valence-corrected chi connectivity index (χ2v) is 8.68. The summed E-state index contributed by atoms with van der Waals surface area (Å²) in [7, 11) is 0. The largest absolute Gasteiger partial charge is 0.310 e. The first-order chi connectivity index (χ1) is 16.0. The third-order valence-corrected chi connectivity index (χ3v) is 6.41. The zero-order valence-electron chi connectivity index (χ0n) is 17.9. The minimum Gasteiger partial charge on any atom is -0.310 e. The lowest BCUT2D eigenvalue weighted by molar-refractivity contribution is 0.320. The fraction of sp³-hybridized carbons (Fsp3) is 0.292. The van der Waals surface area contributed by atoms with Gasteiger partial charge in [0.15, 0.2) is 0 Å². The number of aryl methyl sites for hydroxylation is 1. The van der Waals surface area contributed by atoms with E-state index in [1.165, 1.54) is 22.9 Å². The second kappa shape index (κ2) is 8.96. The van der Waals surface area contributed by atoms with Gasteiger partial charge in [-0.3, -0.25) is 24.6 Å². The number of likely N-dealkylation sites (tertiary alicyclic amines) is 1. The molecule has 1 fully saturated rings. The van der Waals surface area contributed by atoms with Crippen molar-refractivity contribution in [2.45, 2.75) is 32.4 Å². The van der Waals surface area contributed by atoms with Crippen LogP contribution in [0.2, 0.25) is 5.02 Å². The van der Waals surface area contributed by atoms with E-state index in [0.717, 1.165) is 37.7 Å². The third kappa shape index (κ3) is 4.24. The van der Waals surface area contributed by atoms with Crippen molar-refractivity contribution in [3.63, 3.8) is 0 Å². The topological polar surface area (TPSA) is 75.9 Å². The number of aromatic amines is 1. The molecular weight excluding hydrogens is 445 g/mol. The molecule has 0 bridgehead atoms. The number of fused-ring (bicyclic) bond motifs is 1. The highest BCUT2D eigenvalue weighted by Crippen LogP contribution is 2.23. The van der Waals surface area contributed by atoms with Crippen molar-refractivity contribution in [2.75, 3.05) is 13.1 Å². The highest BCUT2D eigenvalue weighted by atomic mass is 35.5. The molecule has 4 aromatic rings. The lowest BCUT2D eigenvalue weighted by atomic mass is 10.2. The molecule has 7 nitrogen and oxygen atoms in total. The van der Waals surface area contributed by atoms with Gasteiger partial charge in [-0.25, -0.2) is 9.07 Å². The molecule has 9 heteroatoms. The van der Waals surface area contributed by atoms with E-state index in [1.807, 2.05) is 18.2 Å². The number of nitrogens with one attached hydrogen (secondary N) is 1. The summed E-state index contributed by atoms with van der Waals surface area (Å²) in [4.78, 5) is 33.3. The molecule has 0 amide bonds. The third-order valence-electron chi connectivity index (χ3n) is 6.11. The van der Waals surface area contributed by atoms with Crippen LogP contribution in [0.1, 0.15) is 24.2 Å². The van der Waals surface area contributed by atoms with Gasteiger partial charge in [-0.15, -0.1) is 0 Å². The summed E-state index contributed by atoms with van der Waals surface area (Å²) in [6.45, 7) is 2.76. The average Bonchev–Trinajstić information content (AvgIpc) is 3.42. The van der Waals surface area contributed by atoms with Crippen molar-refractivity contribution in [1.82, 2.24) is 24.2 Å². The van der Waals surface area contributed by atoms with E-state index in [2.05, 4.69) is 15.0 Å². The van der Waals surface area contributed by atoms with Crippen molar-refractivity contribution in [1.29, 1.82) is 0 Å². The fourth-order valence-electron chi connectivity index (χ4n) is 4.47. The van der Waals surface area contributed by atoms with Gasteiger partial charge < -0.3 is 4.57 Å². The highest BCUT2D eigenvalue weighted by Gasteiger charge is 2.22. The number of nitrogens with zero attached hydrogens (tertiary/aromatic N) is 4. The summed E-state index contributed by atoms with van der Waals surface area (Å²) in [6, 6.07) is 11.0. The predicted molar refractivity (Wildman–Crippen MR) is 126 cm³/mol. The van der Waals surface area contributed by atoms with Crippen LogP contribution < -0.4 is 11.1 Å². The predicted octanol–water partition coefficient (Wildman–Crippen LogP) is 3.51. The van der Waals surface area contributed by atoms with E-state index in [1.54, 1.807) is 10.8 Å². The summed E-state index contributed by atoms with van der Waals surface area (Å²) in [5.74, 6) is -0.489. The zero-order valence-corrected chi connectivity index (χ0v) is 18.7. The first-order valence-electron chi connectivity index (χ1n) is 11.0. The maximum absolute atomic E-state index is 13.6. The van der Waals surface area contributed by atoms with Crippen LogP contribution in [0.3, 0.4) is 0 Å². The highest BCUT2D eigenvalue weighted by molar-refractivity contribution is 6.32. The van der Waals surface area contributed by atoms with Crippen LogP contribution in [0, 0.1) is 5.82 Å². The normalized spacial score (nSPS) is 14.4. The summed E-state index contributed by atoms with van der Waals surface area (Å²) in [5, 5.41) is 3.55. The lowest BCUT2D eigenvalue weighted by Crippen LogP contribution is -2.30. The van der Waals surface area contributed by atoms with Crippen molar-refractivity contribution >= 4 is 22.5 Å². The Labute approximate surface area is 194 Å². The number of aromatic nitrogens is 4. The van der Waals surface area contributed by atoms with E-state index in [9.17, 15) is 14.0 Å². The Morgan fingerprint density at radius 2 is 1.91 bits per heavy atom. The Morgan fingerprint density at radius 3 is 2.64 bits per heavy atom. The van der Waals surface area contributed by atoms with Crippen LogP contribution >= 0.6 is 11.6 Å². The number of benzene rings is 1. The SMILES string of the molecule is O=c1c2c(CN3CCCC3)n(CCc3ccccn3)c(=O)cc2[nH]n1-c1ccc(F)cc1Cl. The van der Waals surface area contributed by atoms with Gasteiger partial charge in [0.1, 0.15) is 5.82 Å². The van der Waals surface area contributed by atoms with Gasteiger partial charge >= 0.3 is 0 Å². The number of pyridine rings is 2. The van der Waals surface area contributed by atoms with Crippen molar-refractivity contribution in [2.24, 2.45) is 0 Å². The minimum absolute atomic E-state index is 0.107. The first kappa shape index (κ1) is 21.6. The molecule has 0 unspecified atom stereocenters. The minimum atomic E-state index is -0.489. The van der Waals surface area contributed by atoms with Crippen molar-refractivity contribution in [3.8, 4) is 5.69 Å². The fourth-order valence-corrected chi connectivity index (χ4v) is 4.73. The van der Waals surface area contributed by atoms with Gasteiger partial charge in [-0.2, -0.15) is 0 Å². The molecule has 1 saturated heterocycles. The maximum Gasteiger partial charge on any atom is 0.280 e. The van der Waals surface area contributed by atoms with Crippen molar-refractivity contribution < 1.29 is 4.39 Å². The van der Waals surface area contributed by atoms with Crippen LogP contribution in [0.4, 0.5) is 4.39 Å². The second-order valence-electron chi connectivity index (χ2n) is 8.27. The Morgan fingerprint density at radius 1 is 1.09 bits per heavy atom. The van der Waals surface area contributed by atoms with Crippen LogP contribution in [-0.2, 0) is 19.5 Å². The molecule has 33 heavy (non-hydrogen) atoms. The van der Waals surface area contributed by atoms with E-state index in [4.69, 9.17) is 11.6 Å². The summed E-state index contributed by atoms with van der Waals surface area (Å²) in [5.41, 5.74) is 1.81. The molecule has 1 aliphatic heterocycles. The van der Waals surface area contributed by atoms with Gasteiger partial charge in [-0.05, 0) is 56.3 Å². The standard InChI is InChI=1S/C24H23ClFN5O2/c25-18-13-16(26)6-7-20(18)31-24(33)23-19(28-31)14-22(32)30(12-8-17-5-1-2-9-27-17)21(23)15-29-10-3-4-11-29/h1-2,5-7,9,13-14,28H,3-4,8,10-12,15H2. The van der Waals surface area contributed by atoms with E-state index < -0.39 is 5.82 Å². The number of rotatable bonds is 6. The Hall–Kier alpha value is -3.23. The number of hydrogen-bond acceptors (Lipinski definition) is 4. The molecule has 0 saturated carbocycles. The molecule has 170 valence electrons. The Bertz CT molecular complexity index is 1420. The molecule has 3 aromatic heterocycles. The molecular formula is C24H23ClFN5O2. The van der Waals surface area contributed by atoms with Crippen LogP contribution in [0.25, 0.3) is 16.6 Å². The number of H-pyrrole nitrogens is 1. The molecule has 0 aliphatic carbocycles. The zero-order chi connectivity index (χ0) is 22.9. The molecule has 1 aliphatic rings. The molecule has 0 radical (unpaired) electrons. The van der Waals surface area contributed by atoms with Crippen LogP contribution in [0.15, 0.2) is 58.3 Å². The quantitative estimate of drug-likeness (QED) is 0.471. The number of halogens is 2. The van der Waals surface area contributed by atoms with E-state index in [0.29, 0.717) is 41.8 Å². The summed E-state index contributed by atoms with van der Waals surface area (Å²) < 4.78 is 16.5. The van der Waals surface area contributed by atoms with Gasteiger partial charge in [0, 0.05) is 37.5 Å². The molecule has 1 aromatic carbocycles. The molecule has 4 heterocycles. The van der Waals surface area contributed by atoms with E-state index in [-0.39, 0.29) is 16.1 Å². The van der Waals surface area contributed by atoms with Gasteiger partial charge in [0.25, 0.3) is 11.1 Å². The van der Waals surface area contributed by atoms with Gasteiger partial charge in [-0.1, -0.05) is 17.7 Å². The molecule has 0 atom stereocenters. The molecule has 0 spiro atoms. The summed E-state index contributed by atoms with van der Waals surface area (Å²) in [6.07, 6.45) is 4.48. The van der Waals surface area contributed by atoms with Crippen molar-refractivity contribution in [3.05, 3.63) is 91.6 Å². The first-order valence-corrected chi connectivity index (χ1v) is 11.3. The van der Waals surface area contributed by atoms with E-state index >= 15 is 0 Å². The molecule has 5 rings (SSSR count). The monoisotopic (exact) mass is 467 g/mol. The average molecular weight is 468 g/mol. The van der Waals surface area contributed by atoms with Gasteiger partial charge in [0.05, 0.1) is 27.3 Å². The number of hydrogen-bond donors (Lipinski definition) is 1. The maximum atomic E-state index is 13.6. The summed E-state index contributed by atoms with van der Waals surface area (Å²) >= 11 is 6.22.